The monoisotopic (exact) mass is 2070 g/mol. The lowest BCUT2D eigenvalue weighted by molar-refractivity contribution is 0.0287. The van der Waals surface area contributed by atoms with Crippen LogP contribution in [-0.4, -0.2) is 123 Å². The number of hydrogen-bond acceptors (Lipinski definition) is 18. The number of nitrogens with two attached hydrogens (primary N) is 1. The van der Waals surface area contributed by atoms with E-state index in [1.807, 2.05) is 18.2 Å². The first-order valence-electron chi connectivity index (χ1n) is 47.9. The average Bonchev–Trinajstić information content (AvgIpc) is 1.56. The molecule has 15 atom stereocenters. The minimum absolute atomic E-state index is 0.0169. The topological polar surface area (TPSA) is 254 Å². The molecular formula is C112H111F13N6O12S3. The molecule has 3 amide bonds. The molecule has 146 heavy (non-hydrogen) atoms. The molecule has 5 saturated carbocycles. The van der Waals surface area contributed by atoms with E-state index in [1.54, 1.807) is 154 Å². The molecule has 0 radical (unpaired) electrons. The van der Waals surface area contributed by atoms with Gasteiger partial charge < -0.3 is 60.1 Å². The lowest BCUT2D eigenvalue weighted by Crippen LogP contribution is -2.43. The van der Waals surface area contributed by atoms with Gasteiger partial charge >= 0.3 is 6.09 Å². The fraction of sp³-hybridized carbons (Fsp3) is 0.357. The van der Waals surface area contributed by atoms with Gasteiger partial charge in [0, 0.05) is 100 Å². The van der Waals surface area contributed by atoms with Gasteiger partial charge in [0.1, 0.15) is 34.7 Å². The van der Waals surface area contributed by atoms with Crippen molar-refractivity contribution in [2.75, 3.05) is 37.9 Å². The Kier molecular flexibility index (Phi) is 35.9. The van der Waals surface area contributed by atoms with E-state index >= 15 is 8.78 Å². The van der Waals surface area contributed by atoms with Crippen LogP contribution in [0.3, 0.4) is 0 Å². The number of aliphatic hydroxyl groups excluding tert-OH is 3. The van der Waals surface area contributed by atoms with Crippen LogP contribution < -0.4 is 21.7 Å². The van der Waals surface area contributed by atoms with Gasteiger partial charge in [-0.25, -0.2) is 61.9 Å². The van der Waals surface area contributed by atoms with E-state index in [0.29, 0.717) is 154 Å². The van der Waals surface area contributed by atoms with Crippen molar-refractivity contribution >= 4 is 69.0 Å². The number of aliphatic hydroxyl groups is 3. The number of alkyl carbamates (subject to hydrolysis) is 1. The Bertz CT molecular complexity index is 6450. The second-order valence-corrected chi connectivity index (χ2v) is 41.4. The second kappa shape index (κ2) is 48.2. The van der Waals surface area contributed by atoms with Gasteiger partial charge in [-0.1, -0.05) is 187 Å². The van der Waals surface area contributed by atoms with E-state index < -0.39 is 110 Å². The Morgan fingerprint density at radius 2 is 0.795 bits per heavy atom. The van der Waals surface area contributed by atoms with Gasteiger partial charge in [-0.3, -0.25) is 24.9 Å². The van der Waals surface area contributed by atoms with Crippen LogP contribution in [0.4, 0.5) is 61.9 Å². The summed E-state index contributed by atoms with van der Waals surface area (Å²) in [5, 5.41) is 39.3. The third kappa shape index (κ3) is 25.9. The predicted molar refractivity (Wildman–Crippen MR) is 533 cm³/mol. The van der Waals surface area contributed by atoms with Crippen LogP contribution in [0.15, 0.2) is 265 Å². The zero-order valence-corrected chi connectivity index (χ0v) is 82.4. The number of benzene rings is 11. The number of thioether (sulfide) groups is 2. The molecule has 770 valence electrons. The number of rotatable bonds is 23. The fourth-order valence-electron chi connectivity index (χ4n) is 21.2. The van der Waals surface area contributed by atoms with E-state index in [2.05, 4.69) is 16.0 Å². The summed E-state index contributed by atoms with van der Waals surface area (Å²) in [7, 11) is 0. The number of thiocarbonyl (C=S) groups is 1. The first kappa shape index (κ1) is 109. The van der Waals surface area contributed by atoms with Crippen LogP contribution in [0.2, 0.25) is 0 Å². The molecule has 6 fully saturated rings. The van der Waals surface area contributed by atoms with Crippen molar-refractivity contribution in [1.29, 1.82) is 0 Å². The van der Waals surface area contributed by atoms with Gasteiger partial charge in [0.05, 0.1) is 91.8 Å². The van der Waals surface area contributed by atoms with Gasteiger partial charge in [-0.15, -0.1) is 0 Å². The first-order chi connectivity index (χ1) is 70.0. The van der Waals surface area contributed by atoms with E-state index in [4.69, 9.17) is 56.4 Å². The first-order valence-corrected chi connectivity index (χ1v) is 50.3. The predicted octanol–water partition coefficient (Wildman–Crippen LogP) is 22.3. The van der Waals surface area contributed by atoms with Gasteiger partial charge in [0.25, 0.3) is 11.8 Å². The number of aliphatic imine (C=N–C) groups is 2. The van der Waals surface area contributed by atoms with Crippen molar-refractivity contribution in [3.63, 3.8) is 0 Å². The van der Waals surface area contributed by atoms with E-state index in [-0.39, 0.29) is 128 Å². The van der Waals surface area contributed by atoms with Crippen molar-refractivity contribution in [3.05, 3.63) is 392 Å². The average molecular weight is 2080 g/mol. The molecule has 1 saturated heterocycles. The molecule has 8 N–H and O–H groups in total. The molecule has 0 bridgehead atoms. The van der Waals surface area contributed by atoms with E-state index in [9.17, 15) is 78.0 Å². The van der Waals surface area contributed by atoms with Crippen molar-refractivity contribution < 1.29 is 115 Å². The Hall–Kier alpha value is -11.5. The molecule has 3 heterocycles. The quantitative estimate of drug-likeness (QED) is 0.0232. The molecule has 18 nitrogen and oxygen atoms in total. The number of nitrogens with zero attached hydrogens (tertiary/aromatic N) is 2. The van der Waals surface area contributed by atoms with Crippen LogP contribution >= 0.6 is 35.7 Å². The van der Waals surface area contributed by atoms with E-state index in [1.165, 1.54) is 78.1 Å². The Morgan fingerprint density at radius 3 is 1.24 bits per heavy atom. The Morgan fingerprint density at radius 1 is 0.418 bits per heavy atom. The summed E-state index contributed by atoms with van der Waals surface area (Å²) < 4.78 is 214. The molecule has 34 heteroatoms. The summed E-state index contributed by atoms with van der Waals surface area (Å²) in [6.45, 7) is 6.45. The van der Waals surface area contributed by atoms with Crippen LogP contribution in [0.25, 0.3) is 0 Å². The highest BCUT2D eigenvalue weighted by atomic mass is 32.2. The van der Waals surface area contributed by atoms with Crippen molar-refractivity contribution in [2.24, 2.45) is 45.3 Å². The molecule has 19 rings (SSSR count). The van der Waals surface area contributed by atoms with Crippen LogP contribution in [-0.2, 0) is 82.3 Å². The molecule has 5 aliphatic carbocycles. The highest BCUT2D eigenvalue weighted by molar-refractivity contribution is 8.14. The maximum atomic E-state index is 15.1. The molecule has 0 unspecified atom stereocenters. The molecule has 11 aromatic rings. The molecule has 11 aromatic carbocycles. The van der Waals surface area contributed by atoms with Crippen molar-refractivity contribution in [3.8, 4) is 0 Å². The van der Waals surface area contributed by atoms with Gasteiger partial charge in [-0.05, 0) is 220 Å². The standard InChI is InChI=1S/C28H26F3NO3S.C27H23F3N2O2S.C20H19F3O2.C19H20F3NO2.C18H23FN2O3S/c29-23-9-5-4-8-22(23)28(15-26(36)32-27(34)19-6-2-1-3-7-19)14-21(13-20(28)16-33)35-17-18-10-11-24(30)25(31)12-18;28-22-9-5-4-8-21(22)27-14-20(34-15-17-10-11-23(29)24(30)12-17)13-19(27)16-35-26(32-27)31-25(33)18-6-2-1-3-7-18;21-17-4-2-1-3-16(17)20-9-15(8-14(20)11-24-12-20)25-10-13-5-6-18(22)19(23)7-13;20-16-4-2-1-3-15(16)19(23)9-14(8-13(19)10-24)25-11-12-5-6-17(21)18(22)7-12;1-17(2,3)24-16(23)20-15-21-18(13-6-4-5-7-14(13)19)9-12(22)8-11(18)10-25-15/h1-12,20-21,33H,13-17H2,(H,32,34,36);1-12,19-20H,13-16H2,(H,31,32,33);1-7,14-15H,8-12H2;1-7,13-14,24H,8-11,23H2;4-7,11-12,22H,8-10H2,1-3H3,(H,20,21,23)/t20-,21+,28-;19-,20+,27-;14-,15+,20-;13-,14+,19-;11-,12+,18-/m00000/s1. The van der Waals surface area contributed by atoms with Crippen LogP contribution in [0, 0.1) is 105 Å². The molecule has 8 aliphatic rings. The Balaban J connectivity index is 0.000000138. The van der Waals surface area contributed by atoms with Crippen molar-refractivity contribution in [1.82, 2.24) is 16.0 Å². The maximum absolute atomic E-state index is 15.1. The Labute approximate surface area is 851 Å². The smallest absolute Gasteiger partial charge is 0.413 e. The summed E-state index contributed by atoms with van der Waals surface area (Å²) in [4.78, 5) is 47.3. The third-order valence-electron chi connectivity index (χ3n) is 28.2. The molecular weight excluding hydrogens is 1960 g/mol. The number of carbonyl (C=O) groups is 3. The van der Waals surface area contributed by atoms with Gasteiger partial charge in [0.2, 0.25) is 0 Å². The number of halogens is 13. The lowest BCUT2D eigenvalue weighted by atomic mass is 9.69. The van der Waals surface area contributed by atoms with E-state index in [0.717, 1.165) is 55.0 Å². The number of carbonyl (C=O) groups excluding carboxylic acids is 3. The summed E-state index contributed by atoms with van der Waals surface area (Å²) in [5.74, 6) is -8.97. The number of fused-ring (bicyclic) bond motifs is 3. The summed E-state index contributed by atoms with van der Waals surface area (Å²) in [5.41, 5.74) is 7.18. The largest absolute Gasteiger partial charge is 0.444 e. The van der Waals surface area contributed by atoms with Crippen LogP contribution in [0.1, 0.15) is 162 Å². The highest BCUT2D eigenvalue weighted by Crippen LogP contribution is 2.57. The molecule has 0 aromatic heterocycles. The normalized spacial score (nSPS) is 25.2. The third-order valence-corrected chi connectivity index (χ3v) is 30.5. The summed E-state index contributed by atoms with van der Waals surface area (Å²) in [6.07, 6.45) is 2.92. The molecule has 0 spiro atoms. The maximum Gasteiger partial charge on any atom is 0.413 e. The fourth-order valence-corrected chi connectivity index (χ4v) is 23.8. The zero-order chi connectivity index (χ0) is 104. The highest BCUT2D eigenvalue weighted by Gasteiger charge is 2.57. The molecule has 3 aliphatic heterocycles. The van der Waals surface area contributed by atoms with Gasteiger partial charge in [-0.2, -0.15) is 0 Å². The lowest BCUT2D eigenvalue weighted by Gasteiger charge is -2.36. The summed E-state index contributed by atoms with van der Waals surface area (Å²) >= 11 is 8.37. The number of nitrogens with one attached hydrogen (secondary N) is 3. The SMILES string of the molecule is CC(C)(C)OC(=O)NC1=N[C@@]2(c3ccccc3F)C[C@H](O)C[C@H]2CS1.Fc1ccc(CO[C@@H]2C[C@H]3COC[C@@]3(c3ccccc3F)C2)cc1F.N[C@@]1(c2ccccc2F)C[C@H](OCc2ccc(F)c(F)c2)C[C@H]1CO.O=C(NC(=S)C[C@@]1(c2ccccc2F)C[C@H](OCc2ccc(F)c(F)c2)C[C@H]1CO)c1ccccc1.O=C(NC1=N[C@@]2(c3ccccc3F)C[C@H](OCc3ccc(F)c(F)c3)C[C@H]2CS1)c1ccccc1. The minimum Gasteiger partial charge on any atom is -0.444 e. The van der Waals surface area contributed by atoms with Crippen LogP contribution in [0.5, 0.6) is 0 Å². The number of hydrogen-bond donors (Lipinski definition) is 7. The van der Waals surface area contributed by atoms with Crippen molar-refractivity contribution in [2.45, 2.75) is 181 Å². The number of ether oxygens (including phenoxy) is 6. The zero-order valence-electron chi connectivity index (χ0n) is 80.0. The summed E-state index contributed by atoms with van der Waals surface area (Å²) in [6, 6.07) is 64.5. The van der Waals surface area contributed by atoms with Gasteiger partial charge in [0.15, 0.2) is 56.9 Å². The minimum atomic E-state index is -1.03. The second-order valence-electron chi connectivity index (χ2n) is 38.9. The number of amidine groups is 2. The number of amides is 3.